The maximum absolute atomic E-state index is 10.8. The minimum absolute atomic E-state index is 0.0848. The van der Waals surface area contributed by atoms with Crippen molar-refractivity contribution in [1.82, 2.24) is 0 Å². The number of hydrogen-bond acceptors (Lipinski definition) is 3. The number of carboxylic acid groups (broad SMARTS) is 1. The van der Waals surface area contributed by atoms with Crippen LogP contribution < -0.4 is 4.74 Å². The number of halogens is 1. The van der Waals surface area contributed by atoms with Gasteiger partial charge in [0.2, 0.25) is 0 Å². The van der Waals surface area contributed by atoms with E-state index in [1.165, 1.54) is 11.1 Å². The maximum atomic E-state index is 10.8. The molecule has 0 saturated heterocycles. The number of rotatable bonds is 11. The second-order valence-electron chi connectivity index (χ2n) is 9.30. The standard InChI is InChI=1S/C25H32BrNO4/c1-27(2,12-11-19-13-20-5-3-4-6-21(20)14-19)16-22(28)17-31-24-15-18(7-9-23(24)26)8-10-25(29)30/h3-7,9,15,19,22,28H,8,10-14,16-17H2,1-2H3/p+1/t22-/m1/s1. The Hall–Kier alpha value is -1.89. The van der Waals surface area contributed by atoms with E-state index in [0.29, 0.717) is 24.6 Å². The van der Waals surface area contributed by atoms with Gasteiger partial charge in [0, 0.05) is 12.8 Å². The van der Waals surface area contributed by atoms with Crippen molar-refractivity contribution in [2.75, 3.05) is 33.8 Å². The van der Waals surface area contributed by atoms with Crippen LogP contribution in [0, 0.1) is 5.92 Å². The van der Waals surface area contributed by atoms with Gasteiger partial charge in [-0.15, -0.1) is 0 Å². The molecule has 0 radical (unpaired) electrons. The first-order valence-corrected chi connectivity index (χ1v) is 11.7. The topological polar surface area (TPSA) is 66.8 Å². The van der Waals surface area contributed by atoms with E-state index in [1.807, 2.05) is 18.2 Å². The van der Waals surface area contributed by atoms with E-state index in [2.05, 4.69) is 54.3 Å². The summed E-state index contributed by atoms with van der Waals surface area (Å²) in [7, 11) is 4.32. The normalized spacial score (nSPS) is 15.0. The molecule has 0 heterocycles. The van der Waals surface area contributed by atoms with Crippen molar-refractivity contribution in [2.24, 2.45) is 5.92 Å². The second kappa shape index (κ2) is 10.6. The summed E-state index contributed by atoms with van der Waals surface area (Å²) >= 11 is 3.47. The van der Waals surface area contributed by atoms with Crippen LogP contribution in [0.4, 0.5) is 0 Å². The molecule has 2 aromatic carbocycles. The molecule has 1 atom stereocenters. The zero-order valence-electron chi connectivity index (χ0n) is 18.4. The van der Waals surface area contributed by atoms with Crippen molar-refractivity contribution in [3.63, 3.8) is 0 Å². The number of aryl methyl sites for hydroxylation is 1. The van der Waals surface area contributed by atoms with Crippen LogP contribution in [0.2, 0.25) is 0 Å². The van der Waals surface area contributed by atoms with E-state index >= 15 is 0 Å². The zero-order valence-corrected chi connectivity index (χ0v) is 20.0. The Balaban J connectivity index is 1.45. The number of quaternary nitrogens is 1. The Morgan fingerprint density at radius 1 is 1.19 bits per heavy atom. The first-order chi connectivity index (χ1) is 14.7. The fourth-order valence-electron chi connectivity index (χ4n) is 4.35. The number of benzene rings is 2. The predicted molar refractivity (Wildman–Crippen MR) is 125 cm³/mol. The van der Waals surface area contributed by atoms with Crippen molar-refractivity contribution in [3.05, 3.63) is 63.6 Å². The largest absolute Gasteiger partial charge is 0.489 e. The smallest absolute Gasteiger partial charge is 0.303 e. The summed E-state index contributed by atoms with van der Waals surface area (Å²) in [5, 5.41) is 19.4. The van der Waals surface area contributed by atoms with Gasteiger partial charge in [0.25, 0.3) is 0 Å². The van der Waals surface area contributed by atoms with Gasteiger partial charge in [0.1, 0.15) is 25.0 Å². The summed E-state index contributed by atoms with van der Waals surface area (Å²) in [5.41, 5.74) is 3.88. The van der Waals surface area contributed by atoms with Gasteiger partial charge in [-0.2, -0.15) is 0 Å². The lowest BCUT2D eigenvalue weighted by molar-refractivity contribution is -0.894. The highest BCUT2D eigenvalue weighted by Crippen LogP contribution is 2.29. The van der Waals surface area contributed by atoms with Gasteiger partial charge in [-0.3, -0.25) is 4.79 Å². The molecule has 31 heavy (non-hydrogen) atoms. The summed E-state index contributed by atoms with van der Waals surface area (Å²) in [6.45, 7) is 1.84. The Kier molecular flexibility index (Phi) is 8.14. The number of aliphatic hydroxyl groups excluding tert-OH is 1. The van der Waals surface area contributed by atoms with Gasteiger partial charge in [0.05, 0.1) is 25.1 Å². The van der Waals surface area contributed by atoms with Gasteiger partial charge in [0.15, 0.2) is 0 Å². The molecule has 0 fully saturated rings. The van der Waals surface area contributed by atoms with Gasteiger partial charge in [-0.25, -0.2) is 0 Å². The van der Waals surface area contributed by atoms with Crippen molar-refractivity contribution in [2.45, 2.75) is 38.2 Å². The van der Waals surface area contributed by atoms with Crippen molar-refractivity contribution >= 4 is 21.9 Å². The van der Waals surface area contributed by atoms with Crippen LogP contribution in [0.15, 0.2) is 46.9 Å². The number of aliphatic carboxylic acids is 1. The second-order valence-corrected chi connectivity index (χ2v) is 10.2. The number of nitrogens with zero attached hydrogens (tertiary/aromatic N) is 1. The van der Waals surface area contributed by atoms with E-state index in [4.69, 9.17) is 9.84 Å². The van der Waals surface area contributed by atoms with Crippen LogP contribution in [-0.4, -0.2) is 60.6 Å². The molecular weight excluding hydrogens is 458 g/mol. The quantitative estimate of drug-likeness (QED) is 0.465. The number of fused-ring (bicyclic) bond motifs is 1. The molecule has 0 aromatic heterocycles. The minimum atomic E-state index is -0.817. The van der Waals surface area contributed by atoms with Crippen LogP contribution in [0.5, 0.6) is 5.75 Å². The number of hydrogen-bond donors (Lipinski definition) is 2. The number of ether oxygens (including phenoxy) is 1. The maximum Gasteiger partial charge on any atom is 0.303 e. The third-order valence-electron chi connectivity index (χ3n) is 6.04. The summed E-state index contributed by atoms with van der Waals surface area (Å²) < 4.78 is 7.40. The van der Waals surface area contributed by atoms with E-state index in [9.17, 15) is 9.90 Å². The number of aliphatic hydroxyl groups is 1. The highest BCUT2D eigenvalue weighted by Gasteiger charge is 2.26. The van der Waals surface area contributed by atoms with Crippen LogP contribution in [0.25, 0.3) is 0 Å². The fraction of sp³-hybridized carbons (Fsp3) is 0.480. The summed E-state index contributed by atoms with van der Waals surface area (Å²) in [6, 6.07) is 14.3. The predicted octanol–water partition coefficient (Wildman–Crippen LogP) is 4.09. The third kappa shape index (κ3) is 7.34. The number of likely N-dealkylation sites (N-methyl/N-ethyl adjacent to an activating group) is 1. The molecule has 2 aromatic rings. The van der Waals surface area contributed by atoms with Crippen molar-refractivity contribution in [1.29, 1.82) is 0 Å². The lowest BCUT2D eigenvalue weighted by atomic mass is 10.0. The first-order valence-electron chi connectivity index (χ1n) is 10.9. The highest BCUT2D eigenvalue weighted by atomic mass is 79.9. The minimum Gasteiger partial charge on any atom is -0.489 e. The Morgan fingerprint density at radius 3 is 2.52 bits per heavy atom. The SMILES string of the molecule is C[N+](C)(CCC1Cc2ccccc2C1)C[C@@H](O)COc1cc(CCC(=O)O)ccc1Br. The zero-order chi connectivity index (χ0) is 22.4. The molecule has 0 bridgehead atoms. The molecule has 0 spiro atoms. The summed E-state index contributed by atoms with van der Waals surface area (Å²) in [5.74, 6) is 0.506. The number of carbonyl (C=O) groups is 1. The monoisotopic (exact) mass is 490 g/mol. The molecule has 0 unspecified atom stereocenters. The van der Waals surface area contributed by atoms with Gasteiger partial charge in [-0.05, 0) is 69.9 Å². The summed E-state index contributed by atoms with van der Waals surface area (Å²) in [4.78, 5) is 10.8. The average molecular weight is 491 g/mol. The van der Waals surface area contributed by atoms with E-state index < -0.39 is 12.1 Å². The molecule has 5 nitrogen and oxygen atoms in total. The van der Waals surface area contributed by atoms with Crippen LogP contribution in [-0.2, 0) is 24.1 Å². The lowest BCUT2D eigenvalue weighted by Gasteiger charge is -2.32. The van der Waals surface area contributed by atoms with E-state index in [0.717, 1.165) is 40.3 Å². The van der Waals surface area contributed by atoms with E-state index in [-0.39, 0.29) is 13.0 Å². The fourth-order valence-corrected chi connectivity index (χ4v) is 4.71. The molecule has 0 saturated carbocycles. The third-order valence-corrected chi connectivity index (χ3v) is 6.69. The molecule has 6 heteroatoms. The van der Waals surface area contributed by atoms with Crippen molar-refractivity contribution < 1.29 is 24.2 Å². The van der Waals surface area contributed by atoms with Gasteiger partial charge in [-0.1, -0.05) is 30.3 Å². The molecule has 1 aliphatic rings. The van der Waals surface area contributed by atoms with Gasteiger partial charge < -0.3 is 19.4 Å². The molecule has 168 valence electrons. The number of carboxylic acids is 1. The van der Waals surface area contributed by atoms with Crippen LogP contribution in [0.1, 0.15) is 29.5 Å². The summed E-state index contributed by atoms with van der Waals surface area (Å²) in [6.07, 6.45) is 3.43. The van der Waals surface area contributed by atoms with Crippen LogP contribution >= 0.6 is 15.9 Å². The molecular formula is C25H33BrNO4+. The van der Waals surface area contributed by atoms with Crippen LogP contribution in [0.3, 0.4) is 0 Å². The lowest BCUT2D eigenvalue weighted by Crippen LogP contribution is -2.48. The molecule has 2 N–H and O–H groups in total. The Morgan fingerprint density at radius 2 is 1.87 bits per heavy atom. The van der Waals surface area contributed by atoms with Crippen molar-refractivity contribution in [3.8, 4) is 5.75 Å². The Bertz CT molecular complexity index is 874. The first kappa shape index (κ1) is 23.8. The van der Waals surface area contributed by atoms with Gasteiger partial charge >= 0.3 is 5.97 Å². The Labute approximate surface area is 193 Å². The molecule has 3 rings (SSSR count). The molecule has 0 amide bonds. The highest BCUT2D eigenvalue weighted by molar-refractivity contribution is 9.10. The molecule has 1 aliphatic carbocycles. The molecule has 0 aliphatic heterocycles. The average Bonchev–Trinajstić information content (AvgIpc) is 3.13. The van der Waals surface area contributed by atoms with E-state index in [1.54, 1.807) is 0 Å².